The second-order valence-electron chi connectivity index (χ2n) is 6.64. The number of amides is 1. The van der Waals surface area contributed by atoms with E-state index < -0.39 is 17.3 Å². The number of aliphatic hydroxyl groups is 1. The molecule has 1 aromatic heterocycles. The molecule has 6 nitrogen and oxygen atoms in total. The first kappa shape index (κ1) is 20.7. The van der Waals surface area contributed by atoms with Gasteiger partial charge in [-0.25, -0.2) is 4.39 Å². The summed E-state index contributed by atoms with van der Waals surface area (Å²) in [7, 11) is 0. The smallest absolute Gasteiger partial charge is 0.284 e. The van der Waals surface area contributed by atoms with Crippen LogP contribution < -0.4 is 10.9 Å². The Morgan fingerprint density at radius 1 is 1.24 bits per heavy atom. The van der Waals surface area contributed by atoms with E-state index in [0.29, 0.717) is 16.3 Å². The van der Waals surface area contributed by atoms with Crippen LogP contribution in [0.3, 0.4) is 0 Å². The first-order chi connectivity index (χ1) is 13.9. The third kappa shape index (κ3) is 4.88. The number of rotatable bonds is 6. The van der Waals surface area contributed by atoms with Crippen LogP contribution in [0.1, 0.15) is 17.3 Å². The second-order valence-corrected chi connectivity index (χ2v) is 7.08. The number of carbonyl (C=O) groups is 1. The molecule has 2 aromatic carbocycles. The minimum absolute atomic E-state index is 0.0970. The van der Waals surface area contributed by atoms with Crippen LogP contribution in [0.25, 0.3) is 16.9 Å². The lowest BCUT2D eigenvalue weighted by molar-refractivity contribution is 0.0940. The van der Waals surface area contributed by atoms with E-state index in [1.807, 2.05) is 0 Å². The highest BCUT2D eigenvalue weighted by Gasteiger charge is 2.18. The molecule has 3 aromatic rings. The van der Waals surface area contributed by atoms with Crippen LogP contribution in [0.5, 0.6) is 0 Å². The van der Waals surface area contributed by atoms with E-state index in [1.54, 1.807) is 31.2 Å². The van der Waals surface area contributed by atoms with Crippen molar-refractivity contribution in [3.63, 3.8) is 0 Å². The number of benzene rings is 2. The van der Waals surface area contributed by atoms with Crippen molar-refractivity contribution < 1.29 is 14.3 Å². The minimum Gasteiger partial charge on any atom is -0.396 e. The van der Waals surface area contributed by atoms with Crippen molar-refractivity contribution in [3.8, 4) is 16.9 Å². The van der Waals surface area contributed by atoms with E-state index >= 15 is 0 Å². The molecular formula is C21H19ClFN3O3. The molecule has 150 valence electrons. The lowest BCUT2D eigenvalue weighted by Crippen LogP contribution is -2.36. The first-order valence-corrected chi connectivity index (χ1v) is 9.32. The summed E-state index contributed by atoms with van der Waals surface area (Å²) >= 11 is 5.93. The van der Waals surface area contributed by atoms with Gasteiger partial charge in [-0.05, 0) is 42.3 Å². The molecule has 8 heteroatoms. The zero-order valence-electron chi connectivity index (χ0n) is 15.6. The number of carbonyl (C=O) groups excluding carboxylic acids is 1. The molecule has 0 unspecified atom stereocenters. The van der Waals surface area contributed by atoms with Gasteiger partial charge in [0.25, 0.3) is 11.5 Å². The molecule has 0 fully saturated rings. The highest BCUT2D eigenvalue weighted by Crippen LogP contribution is 2.20. The van der Waals surface area contributed by atoms with Gasteiger partial charge in [-0.2, -0.15) is 9.78 Å². The number of aromatic nitrogens is 2. The molecule has 0 saturated heterocycles. The molecule has 3 rings (SSSR count). The number of halogens is 2. The molecule has 0 radical (unpaired) electrons. The average Bonchev–Trinajstić information content (AvgIpc) is 2.72. The zero-order chi connectivity index (χ0) is 21.0. The van der Waals surface area contributed by atoms with E-state index in [9.17, 15) is 14.0 Å². The van der Waals surface area contributed by atoms with E-state index in [2.05, 4.69) is 10.4 Å². The fraction of sp³-hybridized carbons (Fsp3) is 0.190. The van der Waals surface area contributed by atoms with E-state index in [1.165, 1.54) is 24.3 Å². The fourth-order valence-corrected chi connectivity index (χ4v) is 2.75. The van der Waals surface area contributed by atoms with Crippen LogP contribution >= 0.6 is 11.6 Å². The zero-order valence-corrected chi connectivity index (χ0v) is 16.4. The van der Waals surface area contributed by atoms with Crippen molar-refractivity contribution in [1.29, 1.82) is 0 Å². The van der Waals surface area contributed by atoms with Crippen molar-refractivity contribution in [3.05, 3.63) is 81.4 Å². The SMILES string of the molecule is C[C@H](CO)CNC(=O)c1cc(-c2ccc(Cl)cc2)nn(-c2cccc(F)c2)c1=O. The van der Waals surface area contributed by atoms with Crippen LogP contribution in [-0.4, -0.2) is 33.9 Å². The predicted molar refractivity (Wildman–Crippen MR) is 109 cm³/mol. The van der Waals surface area contributed by atoms with E-state index in [0.717, 1.165) is 10.7 Å². The number of aliphatic hydroxyl groups excluding tert-OH is 1. The van der Waals surface area contributed by atoms with Gasteiger partial charge in [0.1, 0.15) is 11.4 Å². The normalized spacial score (nSPS) is 11.9. The Morgan fingerprint density at radius 2 is 1.97 bits per heavy atom. The molecule has 0 aliphatic heterocycles. The van der Waals surface area contributed by atoms with Crippen molar-refractivity contribution in [2.45, 2.75) is 6.92 Å². The summed E-state index contributed by atoms with van der Waals surface area (Å²) in [4.78, 5) is 25.6. The van der Waals surface area contributed by atoms with Gasteiger partial charge in [-0.15, -0.1) is 0 Å². The molecule has 0 bridgehead atoms. The molecule has 1 atom stereocenters. The van der Waals surface area contributed by atoms with Gasteiger partial charge in [0.05, 0.1) is 11.4 Å². The molecule has 2 N–H and O–H groups in total. The fourth-order valence-electron chi connectivity index (χ4n) is 2.63. The molecular weight excluding hydrogens is 397 g/mol. The van der Waals surface area contributed by atoms with Crippen molar-refractivity contribution in [1.82, 2.24) is 15.1 Å². The summed E-state index contributed by atoms with van der Waals surface area (Å²) in [6, 6.07) is 13.5. The molecule has 1 amide bonds. The van der Waals surface area contributed by atoms with Crippen molar-refractivity contribution >= 4 is 17.5 Å². The number of nitrogens with one attached hydrogen (secondary N) is 1. The maximum Gasteiger partial charge on any atom is 0.284 e. The Morgan fingerprint density at radius 3 is 2.62 bits per heavy atom. The minimum atomic E-state index is -0.678. The lowest BCUT2D eigenvalue weighted by atomic mass is 10.1. The Labute approximate surface area is 171 Å². The Kier molecular flexibility index (Phi) is 6.41. The summed E-state index contributed by atoms with van der Waals surface area (Å²) in [6.45, 7) is 1.87. The summed E-state index contributed by atoms with van der Waals surface area (Å²) < 4.78 is 14.7. The Hall–Kier alpha value is -3.03. The third-order valence-electron chi connectivity index (χ3n) is 4.27. The number of hydrogen-bond acceptors (Lipinski definition) is 4. The summed E-state index contributed by atoms with van der Waals surface area (Å²) in [5, 5.41) is 16.6. The quantitative estimate of drug-likeness (QED) is 0.648. The second kappa shape index (κ2) is 8.98. The van der Waals surface area contributed by atoms with E-state index in [4.69, 9.17) is 16.7 Å². The maximum absolute atomic E-state index is 13.7. The van der Waals surface area contributed by atoms with Gasteiger partial charge in [-0.3, -0.25) is 9.59 Å². The third-order valence-corrected chi connectivity index (χ3v) is 4.52. The standard InChI is InChI=1S/C21H19ClFN3O3/c1-13(12-27)11-24-20(28)18-10-19(14-5-7-15(22)8-6-14)25-26(21(18)29)17-4-2-3-16(23)9-17/h2-10,13,27H,11-12H2,1H3,(H,24,28)/t13-/m0/s1. The molecule has 0 saturated carbocycles. The molecule has 29 heavy (non-hydrogen) atoms. The van der Waals surface area contributed by atoms with Crippen LogP contribution in [0.15, 0.2) is 59.4 Å². The largest absolute Gasteiger partial charge is 0.396 e. The van der Waals surface area contributed by atoms with Gasteiger partial charge in [0.2, 0.25) is 0 Å². The predicted octanol–water partition coefficient (Wildman–Crippen LogP) is 3.05. The summed E-state index contributed by atoms with van der Waals surface area (Å²) in [5.74, 6) is -1.30. The van der Waals surface area contributed by atoms with Crippen LogP contribution in [-0.2, 0) is 0 Å². The number of nitrogens with zero attached hydrogens (tertiary/aromatic N) is 2. The number of hydrogen-bond donors (Lipinski definition) is 2. The first-order valence-electron chi connectivity index (χ1n) is 8.94. The van der Waals surface area contributed by atoms with Crippen molar-refractivity contribution in [2.24, 2.45) is 5.92 Å². The van der Waals surface area contributed by atoms with Crippen molar-refractivity contribution in [2.75, 3.05) is 13.2 Å². The van der Waals surface area contributed by atoms with Crippen LogP contribution in [0, 0.1) is 11.7 Å². The van der Waals surface area contributed by atoms with Crippen LogP contribution in [0.2, 0.25) is 5.02 Å². The molecule has 0 aliphatic carbocycles. The monoisotopic (exact) mass is 415 g/mol. The highest BCUT2D eigenvalue weighted by atomic mass is 35.5. The molecule has 0 spiro atoms. The maximum atomic E-state index is 13.7. The molecule has 0 aliphatic rings. The highest BCUT2D eigenvalue weighted by molar-refractivity contribution is 6.30. The Bertz CT molecular complexity index is 1080. The summed E-state index contributed by atoms with van der Waals surface area (Å²) in [6.07, 6.45) is 0. The van der Waals surface area contributed by atoms with Gasteiger partial charge in [-0.1, -0.05) is 36.7 Å². The van der Waals surface area contributed by atoms with Crippen LogP contribution in [0.4, 0.5) is 4.39 Å². The average molecular weight is 416 g/mol. The lowest BCUT2D eigenvalue weighted by Gasteiger charge is -2.13. The van der Waals surface area contributed by atoms with Gasteiger partial charge in [0, 0.05) is 23.7 Å². The van der Waals surface area contributed by atoms with Gasteiger partial charge in [0.15, 0.2) is 0 Å². The van der Waals surface area contributed by atoms with E-state index in [-0.39, 0.29) is 30.3 Å². The molecule has 1 heterocycles. The Balaban J connectivity index is 2.12. The topological polar surface area (TPSA) is 84.2 Å². The van der Waals surface area contributed by atoms with Gasteiger partial charge >= 0.3 is 0 Å². The van der Waals surface area contributed by atoms with Gasteiger partial charge < -0.3 is 10.4 Å². The summed E-state index contributed by atoms with van der Waals surface area (Å²) in [5.41, 5.74) is 0.369.